The lowest BCUT2D eigenvalue weighted by Crippen LogP contribution is -2.45. The molecule has 1 aromatic heterocycles. The van der Waals surface area contributed by atoms with Gasteiger partial charge in [0.2, 0.25) is 0 Å². The minimum atomic E-state index is -1.08. The predicted octanol–water partition coefficient (Wildman–Crippen LogP) is 5.30. The fourth-order valence-electron chi connectivity index (χ4n) is 3.97. The van der Waals surface area contributed by atoms with E-state index in [4.69, 9.17) is 16.3 Å². The van der Waals surface area contributed by atoms with Crippen LogP contribution in [0.4, 0.5) is 5.69 Å². The summed E-state index contributed by atoms with van der Waals surface area (Å²) in [6.07, 6.45) is 1.76. The lowest BCUT2D eigenvalue weighted by atomic mass is 10.0. The zero-order chi connectivity index (χ0) is 26.4. The van der Waals surface area contributed by atoms with Crippen LogP contribution in [0, 0.1) is 0 Å². The maximum Gasteiger partial charge on any atom is 0.329 e. The van der Waals surface area contributed by atoms with Crippen LogP contribution in [0.3, 0.4) is 0 Å². The van der Waals surface area contributed by atoms with E-state index in [1.807, 2.05) is 43.3 Å². The summed E-state index contributed by atoms with van der Waals surface area (Å²) >= 11 is 6.19. The Labute approximate surface area is 220 Å². The Bertz CT molecular complexity index is 1410. The first-order chi connectivity index (χ1) is 17.9. The second-order valence-corrected chi connectivity index (χ2v) is 9.10. The summed E-state index contributed by atoms with van der Waals surface area (Å²) in [5.74, 6) is -1.71. The third kappa shape index (κ3) is 6.37. The number of hydrogen-bond acceptors (Lipinski definition) is 4. The number of aromatic amines is 1. The second-order valence-electron chi connectivity index (χ2n) is 8.69. The summed E-state index contributed by atoms with van der Waals surface area (Å²) in [6, 6.07) is 20.6. The van der Waals surface area contributed by atoms with Crippen molar-refractivity contribution in [2.24, 2.45) is 0 Å². The number of amides is 2. The van der Waals surface area contributed by atoms with Gasteiger partial charge in [-0.2, -0.15) is 0 Å². The molecule has 3 aromatic carbocycles. The lowest BCUT2D eigenvalue weighted by molar-refractivity contribution is -0.155. The highest BCUT2D eigenvalue weighted by Gasteiger charge is 2.28. The van der Waals surface area contributed by atoms with Crippen molar-refractivity contribution in [1.82, 2.24) is 10.3 Å². The molecule has 0 aliphatic rings. The van der Waals surface area contributed by atoms with Crippen LogP contribution < -0.4 is 10.6 Å². The average molecular weight is 518 g/mol. The van der Waals surface area contributed by atoms with Gasteiger partial charge in [-0.1, -0.05) is 61.0 Å². The summed E-state index contributed by atoms with van der Waals surface area (Å²) < 4.78 is 5.51. The summed E-state index contributed by atoms with van der Waals surface area (Å²) in [5, 5.41) is 6.68. The molecule has 0 saturated carbocycles. The van der Waals surface area contributed by atoms with Gasteiger partial charge in [-0.15, -0.1) is 0 Å². The number of anilines is 1. The van der Waals surface area contributed by atoms with Gasteiger partial charge in [0, 0.05) is 29.2 Å². The van der Waals surface area contributed by atoms with E-state index in [9.17, 15) is 14.4 Å². The summed E-state index contributed by atoms with van der Waals surface area (Å²) in [4.78, 5) is 42.1. The lowest BCUT2D eigenvalue weighted by Gasteiger charge is -2.21. The maximum atomic E-state index is 13.2. The molecule has 7 nitrogen and oxygen atoms in total. The number of H-pyrrole nitrogens is 1. The van der Waals surface area contributed by atoms with Crippen molar-refractivity contribution < 1.29 is 19.1 Å². The van der Waals surface area contributed by atoms with Crippen LogP contribution in [0.15, 0.2) is 79.0 Å². The van der Waals surface area contributed by atoms with Crippen molar-refractivity contribution in [3.05, 3.63) is 101 Å². The molecule has 4 rings (SSSR count). The molecule has 190 valence electrons. The number of rotatable bonds is 9. The van der Waals surface area contributed by atoms with E-state index in [0.29, 0.717) is 5.69 Å². The number of ether oxygens (including phenoxy) is 1. The topological polar surface area (TPSA) is 100 Å². The molecule has 2 amide bonds. The molecule has 2 atom stereocenters. The summed E-state index contributed by atoms with van der Waals surface area (Å²) in [6.45, 7) is 3.54. The quantitative estimate of drug-likeness (QED) is 0.262. The zero-order valence-electron chi connectivity index (χ0n) is 20.6. The van der Waals surface area contributed by atoms with Gasteiger partial charge in [0.1, 0.15) is 6.04 Å². The van der Waals surface area contributed by atoms with E-state index in [1.165, 1.54) is 6.92 Å². The Balaban J connectivity index is 1.50. The fourth-order valence-corrected chi connectivity index (χ4v) is 4.19. The normalized spacial score (nSPS) is 12.5. The Hall–Kier alpha value is -4.10. The van der Waals surface area contributed by atoms with Gasteiger partial charge in [0.05, 0.1) is 10.6 Å². The minimum absolute atomic E-state index is 0.159. The van der Waals surface area contributed by atoms with Crippen LogP contribution in [0.2, 0.25) is 5.02 Å². The molecular weight excluding hydrogens is 490 g/mol. The van der Waals surface area contributed by atoms with Crippen LogP contribution in [0.1, 0.15) is 35.3 Å². The molecule has 0 bridgehead atoms. The highest BCUT2D eigenvalue weighted by Crippen LogP contribution is 2.21. The highest BCUT2D eigenvalue weighted by molar-refractivity contribution is 6.33. The number of aromatic nitrogens is 1. The zero-order valence-corrected chi connectivity index (χ0v) is 21.3. The van der Waals surface area contributed by atoms with E-state index in [0.717, 1.165) is 28.5 Å². The molecule has 37 heavy (non-hydrogen) atoms. The number of para-hydroxylation sites is 1. The first kappa shape index (κ1) is 26.0. The van der Waals surface area contributed by atoms with E-state index in [1.54, 1.807) is 42.6 Å². The van der Waals surface area contributed by atoms with Gasteiger partial charge in [-0.25, -0.2) is 4.79 Å². The number of nitrogens with one attached hydrogen (secondary N) is 3. The fraction of sp³-hybridized carbons (Fsp3) is 0.207. The smallest absolute Gasteiger partial charge is 0.329 e. The number of esters is 1. The molecule has 0 spiro atoms. The van der Waals surface area contributed by atoms with Crippen molar-refractivity contribution in [3.8, 4) is 0 Å². The van der Waals surface area contributed by atoms with E-state index in [-0.39, 0.29) is 17.0 Å². The number of carbonyl (C=O) groups excluding carboxylic acids is 3. The highest BCUT2D eigenvalue weighted by atomic mass is 35.5. The molecule has 0 saturated heterocycles. The van der Waals surface area contributed by atoms with Crippen molar-refractivity contribution in [2.75, 3.05) is 5.32 Å². The van der Waals surface area contributed by atoms with Gasteiger partial charge in [0.25, 0.3) is 11.8 Å². The number of aryl methyl sites for hydroxylation is 1. The largest absolute Gasteiger partial charge is 0.451 e. The van der Waals surface area contributed by atoms with Crippen LogP contribution >= 0.6 is 11.6 Å². The van der Waals surface area contributed by atoms with Crippen molar-refractivity contribution in [2.45, 2.75) is 38.8 Å². The Morgan fingerprint density at radius 3 is 2.41 bits per heavy atom. The minimum Gasteiger partial charge on any atom is -0.451 e. The summed E-state index contributed by atoms with van der Waals surface area (Å²) in [5.41, 5.74) is 3.72. The maximum absolute atomic E-state index is 13.2. The Morgan fingerprint density at radius 2 is 1.68 bits per heavy atom. The third-order valence-electron chi connectivity index (χ3n) is 6.10. The van der Waals surface area contributed by atoms with Crippen molar-refractivity contribution in [3.63, 3.8) is 0 Å². The van der Waals surface area contributed by atoms with Crippen LogP contribution in [0.5, 0.6) is 0 Å². The van der Waals surface area contributed by atoms with E-state index in [2.05, 4.69) is 15.6 Å². The predicted molar refractivity (Wildman–Crippen MR) is 145 cm³/mol. The monoisotopic (exact) mass is 517 g/mol. The standard InChI is InChI=1S/C29H28ClN3O4/c1-3-19-12-14-21(15-13-19)32-27(34)18(2)37-29(36)26(33-28(35)23-9-4-6-10-24(23)30)16-20-17-31-25-11-7-5-8-22(20)25/h4-15,17-18,26,31H,3,16H2,1-2H3,(H,32,34)(H,33,35)/t18-,26+/m0/s1. The van der Waals surface area contributed by atoms with Crippen molar-refractivity contribution >= 4 is 46.0 Å². The number of halogens is 1. The first-order valence-electron chi connectivity index (χ1n) is 12.1. The van der Waals surface area contributed by atoms with E-state index >= 15 is 0 Å². The molecule has 4 aromatic rings. The van der Waals surface area contributed by atoms with Gasteiger partial charge >= 0.3 is 5.97 Å². The molecular formula is C29H28ClN3O4. The Morgan fingerprint density at radius 1 is 0.973 bits per heavy atom. The molecule has 0 aliphatic heterocycles. The van der Waals surface area contributed by atoms with Crippen LogP contribution in [-0.4, -0.2) is 34.9 Å². The third-order valence-corrected chi connectivity index (χ3v) is 6.43. The number of benzene rings is 3. The molecule has 0 aliphatic carbocycles. The molecule has 3 N–H and O–H groups in total. The molecule has 1 heterocycles. The number of carbonyl (C=O) groups is 3. The molecule has 8 heteroatoms. The SMILES string of the molecule is CCc1ccc(NC(=O)[C@H](C)OC(=O)[C@@H](Cc2c[nH]c3ccccc23)NC(=O)c2ccccc2Cl)cc1. The van der Waals surface area contributed by atoms with Crippen molar-refractivity contribution in [1.29, 1.82) is 0 Å². The average Bonchev–Trinajstić information content (AvgIpc) is 3.31. The molecule has 0 unspecified atom stereocenters. The Kier molecular flexibility index (Phi) is 8.25. The van der Waals surface area contributed by atoms with Gasteiger partial charge in [-0.05, 0) is 54.8 Å². The van der Waals surface area contributed by atoms with Crippen LogP contribution in [-0.2, 0) is 27.2 Å². The molecule has 0 fully saturated rings. The number of fused-ring (bicyclic) bond motifs is 1. The van der Waals surface area contributed by atoms with Gasteiger partial charge in [-0.3, -0.25) is 9.59 Å². The molecule has 0 radical (unpaired) electrons. The van der Waals surface area contributed by atoms with Gasteiger partial charge in [0.15, 0.2) is 6.10 Å². The van der Waals surface area contributed by atoms with Gasteiger partial charge < -0.3 is 20.4 Å². The first-order valence-corrected chi connectivity index (χ1v) is 12.4. The number of hydrogen-bond donors (Lipinski definition) is 3. The second kappa shape index (κ2) is 11.8. The van der Waals surface area contributed by atoms with E-state index < -0.39 is 29.9 Å². The van der Waals surface area contributed by atoms with Crippen LogP contribution in [0.25, 0.3) is 10.9 Å². The summed E-state index contributed by atoms with van der Waals surface area (Å²) in [7, 11) is 0.